The Balaban J connectivity index is 1.84. The Morgan fingerprint density at radius 1 is 1.00 bits per heavy atom. The number of amides is 1. The van der Waals surface area contributed by atoms with Gasteiger partial charge in [-0.1, -0.05) is 18.2 Å². The van der Waals surface area contributed by atoms with E-state index in [1.54, 1.807) is 57.4 Å². The van der Waals surface area contributed by atoms with Crippen molar-refractivity contribution >= 4 is 29.1 Å². The van der Waals surface area contributed by atoms with Crippen LogP contribution in [0.4, 0.5) is 9.59 Å². The summed E-state index contributed by atoms with van der Waals surface area (Å²) < 4.78 is 11.4. The molecule has 0 aliphatic heterocycles. The summed E-state index contributed by atoms with van der Waals surface area (Å²) in [5.41, 5.74) is 3.22. The number of esters is 1. The lowest BCUT2D eigenvalue weighted by Gasteiger charge is -2.19. The molecule has 0 bridgehead atoms. The lowest BCUT2D eigenvalue weighted by atomic mass is 9.97. The molecule has 37 heavy (non-hydrogen) atoms. The highest BCUT2D eigenvalue weighted by Crippen LogP contribution is 2.36. The quantitative estimate of drug-likeness (QED) is 0.336. The topological polar surface area (TPSA) is 120 Å². The van der Waals surface area contributed by atoms with Crippen LogP contribution < -0.4 is 5.32 Å². The first kappa shape index (κ1) is 25.4. The van der Waals surface area contributed by atoms with Crippen molar-refractivity contribution in [3.8, 4) is 22.4 Å². The van der Waals surface area contributed by atoms with Crippen molar-refractivity contribution in [3.63, 3.8) is 0 Å². The summed E-state index contributed by atoms with van der Waals surface area (Å²) in [7, 11) is 1.27. The fraction of sp³-hybridized carbons (Fsp3) is 0.214. The molecule has 1 amide bonds. The molecule has 4 aromatic rings. The van der Waals surface area contributed by atoms with Gasteiger partial charge in [0, 0.05) is 29.9 Å². The van der Waals surface area contributed by atoms with Crippen molar-refractivity contribution in [2.24, 2.45) is 0 Å². The largest absolute Gasteiger partial charge is 0.465 e. The number of alkyl carbamates (subject to hydrolysis) is 1. The molecular formula is C28H27N3O6. The average Bonchev–Trinajstić information content (AvgIpc) is 3.26. The third kappa shape index (κ3) is 5.61. The van der Waals surface area contributed by atoms with E-state index < -0.39 is 23.8 Å². The predicted molar refractivity (Wildman–Crippen MR) is 138 cm³/mol. The molecule has 2 aromatic heterocycles. The molecule has 0 unspecified atom stereocenters. The number of fused-ring (bicyclic) bond motifs is 1. The van der Waals surface area contributed by atoms with Gasteiger partial charge in [-0.3, -0.25) is 4.98 Å². The minimum Gasteiger partial charge on any atom is -0.465 e. The van der Waals surface area contributed by atoms with Gasteiger partial charge in [-0.25, -0.2) is 19.0 Å². The summed E-state index contributed by atoms with van der Waals surface area (Å²) in [5, 5.41) is 13.5. The fourth-order valence-electron chi connectivity index (χ4n) is 4.06. The van der Waals surface area contributed by atoms with Gasteiger partial charge < -0.3 is 19.9 Å². The fourth-order valence-corrected chi connectivity index (χ4v) is 4.06. The second-order valence-corrected chi connectivity index (χ2v) is 9.39. The summed E-state index contributed by atoms with van der Waals surface area (Å²) >= 11 is 0. The highest BCUT2D eigenvalue weighted by Gasteiger charge is 2.22. The lowest BCUT2D eigenvalue weighted by molar-refractivity contribution is 0.0522. The van der Waals surface area contributed by atoms with E-state index in [4.69, 9.17) is 9.47 Å². The van der Waals surface area contributed by atoms with Crippen LogP contribution in [-0.4, -0.2) is 45.5 Å². The maximum Gasteiger partial charge on any atom is 0.416 e. The zero-order valence-corrected chi connectivity index (χ0v) is 20.9. The smallest absolute Gasteiger partial charge is 0.416 e. The Labute approximate surface area is 213 Å². The Morgan fingerprint density at radius 3 is 2.38 bits per heavy atom. The molecule has 0 atom stereocenters. The summed E-state index contributed by atoms with van der Waals surface area (Å²) in [6.45, 7) is 5.59. The third-order valence-electron chi connectivity index (χ3n) is 5.58. The first-order chi connectivity index (χ1) is 17.6. The maximum absolute atomic E-state index is 12.5. The number of carbonyl (C=O) groups excluding carboxylic acids is 2. The van der Waals surface area contributed by atoms with Crippen LogP contribution in [0.3, 0.4) is 0 Å². The molecular weight excluding hydrogens is 474 g/mol. The van der Waals surface area contributed by atoms with E-state index in [0.717, 1.165) is 15.7 Å². The third-order valence-corrected chi connectivity index (χ3v) is 5.58. The predicted octanol–water partition coefficient (Wildman–Crippen LogP) is 5.71. The number of ether oxygens (including phenoxy) is 2. The normalized spacial score (nSPS) is 11.2. The number of carboxylic acid groups (broad SMARTS) is 1. The summed E-state index contributed by atoms with van der Waals surface area (Å²) in [6, 6.07) is 15.8. The molecule has 2 aromatic carbocycles. The molecule has 0 radical (unpaired) electrons. The van der Waals surface area contributed by atoms with E-state index in [-0.39, 0.29) is 12.1 Å². The number of hydrogen-bond donors (Lipinski definition) is 2. The minimum absolute atomic E-state index is 0.212. The molecule has 190 valence electrons. The van der Waals surface area contributed by atoms with Crippen LogP contribution in [0.15, 0.2) is 67.0 Å². The Hall–Kier alpha value is -4.66. The van der Waals surface area contributed by atoms with Crippen molar-refractivity contribution in [2.45, 2.75) is 32.9 Å². The molecule has 0 saturated heterocycles. The first-order valence-electron chi connectivity index (χ1n) is 11.5. The molecule has 2 heterocycles. The lowest BCUT2D eigenvalue weighted by Crippen LogP contribution is -2.32. The summed E-state index contributed by atoms with van der Waals surface area (Å²) in [5.74, 6) is -0.588. The highest BCUT2D eigenvalue weighted by atomic mass is 16.6. The zero-order valence-electron chi connectivity index (χ0n) is 20.9. The standard InChI is InChI=1S/C28H27N3O6/c1-28(2,3)37-26(33)30-16-17-6-5-7-19(12-17)21-13-20(25(32)36-4)14-24-22(21)15-23(31(24)27(34)35)18-8-10-29-11-9-18/h5-15H,16H2,1-4H3,(H,30,33)(H,34,35). The molecule has 4 rings (SSSR count). The van der Waals surface area contributed by atoms with Gasteiger partial charge in [-0.05, 0) is 73.9 Å². The molecule has 0 saturated carbocycles. The van der Waals surface area contributed by atoms with Gasteiger partial charge in [0.1, 0.15) is 5.60 Å². The molecule has 0 aliphatic carbocycles. The van der Waals surface area contributed by atoms with E-state index in [1.165, 1.54) is 13.2 Å². The number of carbonyl (C=O) groups is 3. The molecule has 0 fully saturated rings. The summed E-state index contributed by atoms with van der Waals surface area (Å²) in [6.07, 6.45) is 1.45. The van der Waals surface area contributed by atoms with Gasteiger partial charge >= 0.3 is 18.2 Å². The molecule has 2 N–H and O–H groups in total. The second-order valence-electron chi connectivity index (χ2n) is 9.39. The minimum atomic E-state index is -1.19. The van der Waals surface area contributed by atoms with Crippen LogP contribution in [0.1, 0.15) is 36.7 Å². The van der Waals surface area contributed by atoms with Crippen LogP contribution in [0.25, 0.3) is 33.3 Å². The number of benzene rings is 2. The number of rotatable bonds is 5. The van der Waals surface area contributed by atoms with Crippen LogP contribution >= 0.6 is 0 Å². The summed E-state index contributed by atoms with van der Waals surface area (Å²) in [4.78, 5) is 41.0. The van der Waals surface area contributed by atoms with E-state index in [1.807, 2.05) is 24.3 Å². The van der Waals surface area contributed by atoms with Crippen molar-refractivity contribution in [2.75, 3.05) is 7.11 Å². The average molecular weight is 502 g/mol. The van der Waals surface area contributed by atoms with Gasteiger partial charge in [-0.2, -0.15) is 0 Å². The molecule has 9 nitrogen and oxygen atoms in total. The zero-order chi connectivity index (χ0) is 26.7. The van der Waals surface area contributed by atoms with Crippen LogP contribution in [0.2, 0.25) is 0 Å². The number of hydrogen-bond acceptors (Lipinski definition) is 6. The Morgan fingerprint density at radius 2 is 1.73 bits per heavy atom. The Bertz CT molecular complexity index is 1490. The number of nitrogens with zero attached hydrogens (tertiary/aromatic N) is 2. The van der Waals surface area contributed by atoms with E-state index in [0.29, 0.717) is 27.7 Å². The van der Waals surface area contributed by atoms with E-state index in [9.17, 15) is 19.5 Å². The highest BCUT2D eigenvalue weighted by molar-refractivity contribution is 6.07. The SMILES string of the molecule is COC(=O)c1cc(-c2cccc(CNC(=O)OC(C)(C)C)c2)c2cc(-c3ccncc3)n(C(=O)O)c2c1. The first-order valence-corrected chi connectivity index (χ1v) is 11.5. The van der Waals surface area contributed by atoms with Gasteiger partial charge in [-0.15, -0.1) is 0 Å². The molecule has 0 spiro atoms. The van der Waals surface area contributed by atoms with Crippen molar-refractivity contribution < 1.29 is 29.0 Å². The van der Waals surface area contributed by atoms with Crippen LogP contribution in [-0.2, 0) is 16.0 Å². The molecule has 0 aliphatic rings. The molecule has 9 heteroatoms. The second kappa shape index (κ2) is 10.1. The van der Waals surface area contributed by atoms with Gasteiger partial charge in [0.15, 0.2) is 0 Å². The van der Waals surface area contributed by atoms with Crippen molar-refractivity contribution in [1.82, 2.24) is 14.9 Å². The van der Waals surface area contributed by atoms with Gasteiger partial charge in [0.2, 0.25) is 0 Å². The maximum atomic E-state index is 12.5. The Kier molecular flexibility index (Phi) is 6.97. The number of pyridine rings is 1. The van der Waals surface area contributed by atoms with Crippen molar-refractivity contribution in [3.05, 3.63) is 78.1 Å². The van der Waals surface area contributed by atoms with Crippen LogP contribution in [0.5, 0.6) is 0 Å². The number of methoxy groups -OCH3 is 1. The van der Waals surface area contributed by atoms with Gasteiger partial charge in [0.25, 0.3) is 0 Å². The van der Waals surface area contributed by atoms with Gasteiger partial charge in [0.05, 0.1) is 23.9 Å². The number of nitrogens with one attached hydrogen (secondary N) is 1. The van der Waals surface area contributed by atoms with Crippen molar-refractivity contribution in [1.29, 1.82) is 0 Å². The van der Waals surface area contributed by atoms with Crippen LogP contribution in [0, 0.1) is 0 Å². The van der Waals surface area contributed by atoms with E-state index in [2.05, 4.69) is 10.3 Å². The monoisotopic (exact) mass is 501 g/mol. The van der Waals surface area contributed by atoms with E-state index >= 15 is 0 Å². The number of aromatic nitrogens is 2.